The lowest BCUT2D eigenvalue weighted by Crippen LogP contribution is -2.31. The van der Waals surface area contributed by atoms with Gasteiger partial charge in [-0.25, -0.2) is 0 Å². The van der Waals surface area contributed by atoms with Gasteiger partial charge in [0.25, 0.3) is 11.7 Å². The van der Waals surface area contributed by atoms with Crippen LogP contribution in [0.3, 0.4) is 0 Å². The average molecular weight is 578 g/mol. The number of ketones is 1. The lowest BCUT2D eigenvalue weighted by molar-refractivity contribution is -0.139. The zero-order valence-electron chi connectivity index (χ0n) is 23.7. The first-order chi connectivity index (χ1) is 21.0. The van der Waals surface area contributed by atoms with E-state index in [0.29, 0.717) is 60.4 Å². The van der Waals surface area contributed by atoms with Crippen LogP contribution in [0.1, 0.15) is 28.3 Å². The van der Waals surface area contributed by atoms with Crippen molar-refractivity contribution in [3.8, 4) is 23.0 Å². The standard InChI is InChI=1S/C35H31NO7/c1-40-29-20-25(12-14-27(29)43-22-24-10-6-3-7-11-24)32-31(33(37)26-13-15-28-30(21-26)42-19-18-41-28)34(38)35(39)36(32)17-16-23-8-4-2-5-9-23/h2-15,20-21,32,37H,16-19,22H2,1H3/b33-31+/t32-/m0/s1. The van der Waals surface area contributed by atoms with Gasteiger partial charge in [-0.3, -0.25) is 9.59 Å². The van der Waals surface area contributed by atoms with Crippen molar-refractivity contribution in [3.63, 3.8) is 0 Å². The summed E-state index contributed by atoms with van der Waals surface area (Å²) in [6.45, 7) is 1.42. The Labute approximate surface area is 249 Å². The SMILES string of the molecule is COc1cc([C@H]2/C(=C(\O)c3ccc4c(c3)OCCO4)C(=O)C(=O)N2CCc2ccccc2)ccc1OCc1ccccc1. The fourth-order valence-electron chi connectivity index (χ4n) is 5.41. The molecule has 43 heavy (non-hydrogen) atoms. The molecular formula is C35H31NO7. The Morgan fingerprint density at radius 1 is 0.837 bits per heavy atom. The van der Waals surface area contributed by atoms with E-state index in [2.05, 4.69) is 0 Å². The van der Waals surface area contributed by atoms with Gasteiger partial charge in [0.05, 0.1) is 18.7 Å². The molecule has 0 bridgehead atoms. The lowest BCUT2D eigenvalue weighted by Gasteiger charge is -2.26. The van der Waals surface area contributed by atoms with Crippen molar-refractivity contribution in [1.29, 1.82) is 0 Å². The summed E-state index contributed by atoms with van der Waals surface area (Å²) in [5, 5.41) is 11.6. The minimum absolute atomic E-state index is 0.00486. The van der Waals surface area contributed by atoms with E-state index < -0.39 is 17.7 Å². The Morgan fingerprint density at radius 2 is 1.53 bits per heavy atom. The van der Waals surface area contributed by atoms with E-state index in [4.69, 9.17) is 18.9 Å². The van der Waals surface area contributed by atoms with Crippen LogP contribution >= 0.6 is 0 Å². The number of benzene rings is 4. The highest BCUT2D eigenvalue weighted by Crippen LogP contribution is 2.43. The van der Waals surface area contributed by atoms with E-state index in [1.807, 2.05) is 60.7 Å². The van der Waals surface area contributed by atoms with Gasteiger partial charge in [0, 0.05) is 12.1 Å². The molecule has 0 radical (unpaired) electrons. The number of carbonyl (C=O) groups excluding carboxylic acids is 2. The maximum Gasteiger partial charge on any atom is 0.295 e. The number of carbonyl (C=O) groups is 2. The quantitative estimate of drug-likeness (QED) is 0.155. The summed E-state index contributed by atoms with van der Waals surface area (Å²) < 4.78 is 23.0. The number of ether oxygens (including phenoxy) is 4. The average Bonchev–Trinajstić information content (AvgIpc) is 3.31. The van der Waals surface area contributed by atoms with Crippen molar-refractivity contribution in [2.24, 2.45) is 0 Å². The number of methoxy groups -OCH3 is 1. The predicted octanol–water partition coefficient (Wildman–Crippen LogP) is 5.71. The van der Waals surface area contributed by atoms with Crippen LogP contribution in [-0.2, 0) is 22.6 Å². The number of nitrogens with zero attached hydrogens (tertiary/aromatic N) is 1. The van der Waals surface area contributed by atoms with Gasteiger partial charge in [0.15, 0.2) is 23.0 Å². The van der Waals surface area contributed by atoms with Gasteiger partial charge in [-0.1, -0.05) is 66.7 Å². The number of fused-ring (bicyclic) bond motifs is 1. The van der Waals surface area contributed by atoms with Crippen molar-refractivity contribution in [3.05, 3.63) is 125 Å². The first-order valence-electron chi connectivity index (χ1n) is 14.1. The second kappa shape index (κ2) is 12.3. The molecule has 2 heterocycles. The first-order valence-corrected chi connectivity index (χ1v) is 14.1. The summed E-state index contributed by atoms with van der Waals surface area (Å²) in [4.78, 5) is 28.6. The van der Waals surface area contributed by atoms with Crippen LogP contribution in [0.5, 0.6) is 23.0 Å². The molecule has 2 aliphatic heterocycles. The number of aliphatic hydroxyl groups excluding tert-OH is 1. The van der Waals surface area contributed by atoms with Crippen LogP contribution in [0.25, 0.3) is 5.76 Å². The van der Waals surface area contributed by atoms with Crippen LogP contribution < -0.4 is 18.9 Å². The molecule has 0 spiro atoms. The van der Waals surface area contributed by atoms with Crippen molar-refractivity contribution in [2.75, 3.05) is 26.9 Å². The third-order valence-corrected chi connectivity index (χ3v) is 7.58. The van der Waals surface area contributed by atoms with Crippen LogP contribution in [0.2, 0.25) is 0 Å². The monoisotopic (exact) mass is 577 g/mol. The molecule has 6 rings (SSSR count). The molecule has 0 saturated carbocycles. The van der Waals surface area contributed by atoms with Gasteiger partial charge >= 0.3 is 0 Å². The van der Waals surface area contributed by atoms with E-state index in [9.17, 15) is 14.7 Å². The number of likely N-dealkylation sites (tertiary alicyclic amines) is 1. The molecule has 0 unspecified atom stereocenters. The summed E-state index contributed by atoms with van der Waals surface area (Å²) in [6.07, 6.45) is 0.532. The van der Waals surface area contributed by atoms with Gasteiger partial charge in [-0.2, -0.15) is 0 Å². The highest BCUT2D eigenvalue weighted by Gasteiger charge is 2.46. The fraction of sp³-hybridized carbons (Fsp3) is 0.200. The van der Waals surface area contributed by atoms with Crippen LogP contribution in [-0.4, -0.2) is 48.6 Å². The Morgan fingerprint density at radius 3 is 2.26 bits per heavy atom. The van der Waals surface area contributed by atoms with Crippen molar-refractivity contribution in [1.82, 2.24) is 4.90 Å². The molecule has 218 valence electrons. The molecule has 1 N–H and O–H groups in total. The minimum Gasteiger partial charge on any atom is -0.507 e. The lowest BCUT2D eigenvalue weighted by atomic mass is 9.94. The van der Waals surface area contributed by atoms with Gasteiger partial charge in [-0.15, -0.1) is 0 Å². The predicted molar refractivity (Wildman–Crippen MR) is 160 cm³/mol. The molecule has 1 saturated heterocycles. The number of Topliss-reactive ketones (excluding diaryl/α,β-unsaturated/α-hetero) is 1. The maximum atomic E-state index is 13.6. The number of hydrogen-bond donors (Lipinski definition) is 1. The number of rotatable bonds is 9. The van der Waals surface area contributed by atoms with Gasteiger partial charge in [0.1, 0.15) is 25.6 Å². The Hall–Kier alpha value is -5.24. The largest absolute Gasteiger partial charge is 0.507 e. The molecular weight excluding hydrogens is 546 g/mol. The van der Waals surface area contributed by atoms with Gasteiger partial charge in [0.2, 0.25) is 0 Å². The third kappa shape index (κ3) is 5.77. The molecule has 4 aromatic rings. The Balaban J connectivity index is 1.39. The Kier molecular flexibility index (Phi) is 8.00. The maximum absolute atomic E-state index is 13.6. The summed E-state index contributed by atoms with van der Waals surface area (Å²) in [6, 6.07) is 28.9. The summed E-state index contributed by atoms with van der Waals surface area (Å²) in [5.74, 6) is 0.262. The van der Waals surface area contributed by atoms with Crippen molar-refractivity contribution >= 4 is 17.4 Å². The normalized spacial score (nSPS) is 17.1. The number of amides is 1. The zero-order valence-corrected chi connectivity index (χ0v) is 23.7. The third-order valence-electron chi connectivity index (χ3n) is 7.58. The molecule has 2 aliphatic rings. The molecule has 1 atom stereocenters. The fourth-order valence-corrected chi connectivity index (χ4v) is 5.41. The smallest absolute Gasteiger partial charge is 0.295 e. The van der Waals surface area contributed by atoms with E-state index >= 15 is 0 Å². The van der Waals surface area contributed by atoms with E-state index in [-0.39, 0.29) is 17.9 Å². The second-order valence-electron chi connectivity index (χ2n) is 10.3. The van der Waals surface area contributed by atoms with Crippen LogP contribution in [0.4, 0.5) is 0 Å². The summed E-state index contributed by atoms with van der Waals surface area (Å²) >= 11 is 0. The summed E-state index contributed by atoms with van der Waals surface area (Å²) in [7, 11) is 1.54. The van der Waals surface area contributed by atoms with E-state index in [1.165, 1.54) is 12.0 Å². The minimum atomic E-state index is -0.853. The van der Waals surface area contributed by atoms with E-state index in [0.717, 1.165) is 11.1 Å². The molecule has 1 fully saturated rings. The highest BCUT2D eigenvalue weighted by atomic mass is 16.6. The second-order valence-corrected chi connectivity index (χ2v) is 10.3. The van der Waals surface area contributed by atoms with Crippen molar-refractivity contribution < 1.29 is 33.6 Å². The Bertz CT molecular complexity index is 1670. The summed E-state index contributed by atoms with van der Waals surface area (Å²) in [5.41, 5.74) is 2.98. The molecule has 1 amide bonds. The highest BCUT2D eigenvalue weighted by molar-refractivity contribution is 6.46. The topological polar surface area (TPSA) is 94.5 Å². The van der Waals surface area contributed by atoms with E-state index in [1.54, 1.807) is 36.4 Å². The molecule has 8 nitrogen and oxygen atoms in total. The molecule has 4 aromatic carbocycles. The van der Waals surface area contributed by atoms with Gasteiger partial charge < -0.3 is 29.0 Å². The van der Waals surface area contributed by atoms with Crippen molar-refractivity contribution in [2.45, 2.75) is 19.1 Å². The molecule has 8 heteroatoms. The van der Waals surface area contributed by atoms with Crippen LogP contribution in [0, 0.1) is 0 Å². The molecule has 0 aliphatic carbocycles. The zero-order chi connectivity index (χ0) is 29.8. The first kappa shape index (κ1) is 27.9. The van der Waals surface area contributed by atoms with Crippen LogP contribution in [0.15, 0.2) is 103 Å². The molecule has 0 aromatic heterocycles. The number of aliphatic hydroxyl groups is 1. The number of hydrogen-bond acceptors (Lipinski definition) is 7. The van der Waals surface area contributed by atoms with Gasteiger partial charge in [-0.05, 0) is 53.4 Å².